The quantitative estimate of drug-likeness (QED) is 0.803. The molecule has 0 aliphatic heterocycles. The summed E-state index contributed by atoms with van der Waals surface area (Å²) in [5, 5.41) is 3.65. The normalized spacial score (nSPS) is 12.3. The van der Waals surface area contributed by atoms with Gasteiger partial charge in [0.05, 0.1) is 0 Å². The second kappa shape index (κ2) is 6.62. The summed E-state index contributed by atoms with van der Waals surface area (Å²) >= 11 is 1.90. The molecule has 0 aliphatic rings. The van der Waals surface area contributed by atoms with E-state index in [0.717, 1.165) is 6.54 Å². The lowest BCUT2D eigenvalue weighted by molar-refractivity contribution is 0.817. The highest BCUT2D eigenvalue weighted by molar-refractivity contribution is 7.99. The Bertz CT molecular complexity index is 464. The van der Waals surface area contributed by atoms with Gasteiger partial charge in [-0.05, 0) is 37.2 Å². The highest BCUT2D eigenvalue weighted by Crippen LogP contribution is 2.34. The molecule has 0 saturated carbocycles. The van der Waals surface area contributed by atoms with E-state index in [2.05, 4.69) is 66.8 Å². The van der Waals surface area contributed by atoms with Gasteiger partial charge in [0, 0.05) is 16.7 Å². The Balaban J connectivity index is 2.01. The molecule has 2 aromatic rings. The molecule has 0 amide bonds. The third-order valence-corrected chi connectivity index (χ3v) is 4.06. The number of nitrogens with one attached hydrogen (secondary N) is 1. The molecule has 0 aromatic heterocycles. The fourth-order valence-electron chi connectivity index (χ4n) is 1.89. The largest absolute Gasteiger partial charge is 0.316 e. The first-order valence-corrected chi connectivity index (χ1v) is 7.12. The van der Waals surface area contributed by atoms with Crippen LogP contribution in [0.25, 0.3) is 0 Å². The fourth-order valence-corrected chi connectivity index (χ4v) is 2.88. The van der Waals surface area contributed by atoms with Gasteiger partial charge in [0.25, 0.3) is 0 Å². The molecule has 2 aromatic carbocycles. The Kier molecular flexibility index (Phi) is 4.85. The Morgan fingerprint density at radius 1 is 1.00 bits per heavy atom. The summed E-state index contributed by atoms with van der Waals surface area (Å²) in [7, 11) is 1.97. The molecule has 0 aliphatic carbocycles. The van der Waals surface area contributed by atoms with Crippen LogP contribution in [0.1, 0.15) is 23.3 Å². The van der Waals surface area contributed by atoms with Crippen molar-refractivity contribution in [2.24, 2.45) is 0 Å². The summed E-state index contributed by atoms with van der Waals surface area (Å²) in [5.74, 6) is 0. The zero-order valence-electron chi connectivity index (χ0n) is 10.9. The van der Waals surface area contributed by atoms with E-state index in [4.69, 9.17) is 0 Å². The first-order valence-electron chi connectivity index (χ1n) is 6.25. The maximum atomic E-state index is 3.16. The third-order valence-electron chi connectivity index (χ3n) is 2.89. The van der Waals surface area contributed by atoms with E-state index >= 15 is 0 Å². The van der Waals surface area contributed by atoms with Crippen molar-refractivity contribution in [2.75, 3.05) is 7.05 Å². The number of hydrogen-bond acceptors (Lipinski definition) is 2. The Morgan fingerprint density at radius 3 is 2.28 bits per heavy atom. The topological polar surface area (TPSA) is 12.0 Å². The smallest absolute Gasteiger partial charge is 0.0316 e. The van der Waals surface area contributed by atoms with Crippen molar-refractivity contribution in [1.82, 2.24) is 5.32 Å². The zero-order chi connectivity index (χ0) is 12.8. The summed E-state index contributed by atoms with van der Waals surface area (Å²) in [6.45, 7) is 3.18. The average molecular weight is 257 g/mol. The van der Waals surface area contributed by atoms with E-state index in [1.54, 1.807) is 0 Å². The van der Waals surface area contributed by atoms with Crippen LogP contribution in [-0.4, -0.2) is 7.05 Å². The van der Waals surface area contributed by atoms with Crippen molar-refractivity contribution in [3.8, 4) is 0 Å². The molecule has 0 radical (unpaired) electrons. The maximum Gasteiger partial charge on any atom is 0.0316 e. The van der Waals surface area contributed by atoms with Crippen molar-refractivity contribution in [1.29, 1.82) is 0 Å². The average Bonchev–Trinajstić information content (AvgIpc) is 2.42. The van der Waals surface area contributed by atoms with Gasteiger partial charge in [0.15, 0.2) is 0 Å². The minimum atomic E-state index is 0.487. The first-order chi connectivity index (χ1) is 8.79. The Hall–Kier alpha value is -1.25. The van der Waals surface area contributed by atoms with E-state index in [1.807, 2.05) is 18.8 Å². The second-order valence-corrected chi connectivity index (χ2v) is 5.76. The van der Waals surface area contributed by atoms with E-state index in [1.165, 1.54) is 16.0 Å². The van der Waals surface area contributed by atoms with Crippen LogP contribution in [0.4, 0.5) is 0 Å². The summed E-state index contributed by atoms with van der Waals surface area (Å²) in [6, 6.07) is 19.4. The Morgan fingerprint density at radius 2 is 1.67 bits per heavy atom. The summed E-state index contributed by atoms with van der Waals surface area (Å²) in [4.78, 5) is 1.33. The lowest BCUT2D eigenvalue weighted by Crippen LogP contribution is -2.04. The van der Waals surface area contributed by atoms with Crippen LogP contribution in [0.5, 0.6) is 0 Å². The summed E-state index contributed by atoms with van der Waals surface area (Å²) in [6.07, 6.45) is 0. The predicted molar refractivity (Wildman–Crippen MR) is 79.9 cm³/mol. The van der Waals surface area contributed by atoms with Crippen LogP contribution in [0.15, 0.2) is 59.5 Å². The molecule has 0 bridgehead atoms. The minimum Gasteiger partial charge on any atom is -0.316 e. The number of hydrogen-bond donors (Lipinski definition) is 1. The Labute approximate surface area is 114 Å². The monoisotopic (exact) mass is 257 g/mol. The fraction of sp³-hybridized carbons (Fsp3) is 0.250. The maximum absolute atomic E-state index is 3.16. The molecule has 1 nitrogen and oxygen atoms in total. The standard InChI is InChI=1S/C16H19NS/c1-13(15-6-4-3-5-7-15)18-16-10-8-14(9-11-16)12-17-2/h3-11,13,17H,12H2,1-2H3. The van der Waals surface area contributed by atoms with Crippen LogP contribution < -0.4 is 5.32 Å². The molecule has 1 unspecified atom stereocenters. The second-order valence-electron chi connectivity index (χ2n) is 4.35. The first kappa shape index (κ1) is 13.2. The van der Waals surface area contributed by atoms with E-state index in [-0.39, 0.29) is 0 Å². The zero-order valence-corrected chi connectivity index (χ0v) is 11.7. The molecule has 0 saturated heterocycles. The van der Waals surface area contributed by atoms with Gasteiger partial charge in [-0.1, -0.05) is 42.5 Å². The van der Waals surface area contributed by atoms with Gasteiger partial charge < -0.3 is 5.32 Å². The molecule has 1 atom stereocenters. The molecule has 2 heteroatoms. The van der Waals surface area contributed by atoms with Gasteiger partial charge >= 0.3 is 0 Å². The molecule has 2 rings (SSSR count). The number of benzene rings is 2. The SMILES string of the molecule is CNCc1ccc(SC(C)c2ccccc2)cc1. The molecule has 18 heavy (non-hydrogen) atoms. The van der Waals surface area contributed by atoms with Crippen LogP contribution >= 0.6 is 11.8 Å². The lowest BCUT2D eigenvalue weighted by Gasteiger charge is -2.11. The molecular formula is C16H19NS. The molecule has 0 heterocycles. The lowest BCUT2D eigenvalue weighted by atomic mass is 10.2. The molecule has 0 fully saturated rings. The molecule has 94 valence electrons. The van der Waals surface area contributed by atoms with Gasteiger partial charge in [-0.2, -0.15) is 0 Å². The van der Waals surface area contributed by atoms with Crippen LogP contribution in [0.3, 0.4) is 0 Å². The molecule has 1 N–H and O–H groups in total. The van der Waals surface area contributed by atoms with E-state index in [0.29, 0.717) is 5.25 Å². The summed E-state index contributed by atoms with van der Waals surface area (Å²) < 4.78 is 0. The van der Waals surface area contributed by atoms with Crippen molar-refractivity contribution in [2.45, 2.75) is 23.6 Å². The molecule has 0 spiro atoms. The van der Waals surface area contributed by atoms with E-state index < -0.39 is 0 Å². The summed E-state index contributed by atoms with van der Waals surface area (Å²) in [5.41, 5.74) is 2.70. The molecular weight excluding hydrogens is 238 g/mol. The van der Waals surface area contributed by atoms with E-state index in [9.17, 15) is 0 Å². The highest BCUT2D eigenvalue weighted by atomic mass is 32.2. The van der Waals surface area contributed by atoms with Gasteiger partial charge in [0.1, 0.15) is 0 Å². The van der Waals surface area contributed by atoms with Crippen LogP contribution in [0.2, 0.25) is 0 Å². The van der Waals surface area contributed by atoms with Crippen molar-refractivity contribution >= 4 is 11.8 Å². The van der Waals surface area contributed by atoms with Crippen LogP contribution in [0, 0.1) is 0 Å². The van der Waals surface area contributed by atoms with Crippen molar-refractivity contribution < 1.29 is 0 Å². The van der Waals surface area contributed by atoms with Gasteiger partial charge in [-0.3, -0.25) is 0 Å². The van der Waals surface area contributed by atoms with Gasteiger partial charge in [-0.25, -0.2) is 0 Å². The minimum absolute atomic E-state index is 0.487. The predicted octanol–water partition coefficient (Wildman–Crippen LogP) is 4.26. The third kappa shape index (κ3) is 3.62. The van der Waals surface area contributed by atoms with Crippen LogP contribution in [-0.2, 0) is 6.54 Å². The highest BCUT2D eigenvalue weighted by Gasteiger charge is 2.06. The van der Waals surface area contributed by atoms with Crippen molar-refractivity contribution in [3.05, 3.63) is 65.7 Å². The van der Waals surface area contributed by atoms with Gasteiger partial charge in [-0.15, -0.1) is 11.8 Å². The van der Waals surface area contributed by atoms with Crippen molar-refractivity contribution in [3.63, 3.8) is 0 Å². The van der Waals surface area contributed by atoms with Gasteiger partial charge in [0.2, 0.25) is 0 Å². The number of rotatable bonds is 5. The number of thioether (sulfide) groups is 1.